The zero-order chi connectivity index (χ0) is 19.2. The molecule has 2 atom stereocenters. The van der Waals surface area contributed by atoms with Crippen molar-refractivity contribution in [3.05, 3.63) is 0 Å². The summed E-state index contributed by atoms with van der Waals surface area (Å²) in [6.07, 6.45) is 1.54. The molecule has 0 spiro atoms. The van der Waals surface area contributed by atoms with E-state index >= 15 is 0 Å². The second kappa shape index (κ2) is 8.70. The monoisotopic (exact) mass is 345 g/mol. The Bertz CT molecular complexity index is 422. The Morgan fingerprint density at radius 2 is 1.62 bits per heavy atom. The van der Waals surface area contributed by atoms with Crippen LogP contribution in [0.15, 0.2) is 0 Å². The Morgan fingerprint density at radius 1 is 1.12 bits per heavy atom. The molecule has 2 N–H and O–H groups in total. The molecule has 1 amide bonds. The third-order valence-corrected chi connectivity index (χ3v) is 3.14. The van der Waals surface area contributed by atoms with Gasteiger partial charge in [-0.1, -0.05) is 20.3 Å². The molecule has 0 aromatic rings. The number of carboxylic acid groups (broad SMARTS) is 1. The zero-order valence-corrected chi connectivity index (χ0v) is 16.5. The fourth-order valence-corrected chi connectivity index (χ4v) is 2.46. The van der Waals surface area contributed by atoms with Gasteiger partial charge in [-0.25, -0.2) is 9.59 Å². The fraction of sp³-hybridized carbons (Fsp3) is 0.889. The average molecular weight is 345 g/mol. The number of ether oxygens (including phenoxy) is 2. The lowest BCUT2D eigenvalue weighted by atomic mass is 9.98. The molecule has 0 saturated heterocycles. The Hall–Kier alpha value is -1.30. The van der Waals surface area contributed by atoms with Crippen molar-refractivity contribution in [3.63, 3.8) is 0 Å². The summed E-state index contributed by atoms with van der Waals surface area (Å²) in [5.74, 6) is -1.05. The molecule has 142 valence electrons. The minimum atomic E-state index is -1.31. The molecule has 6 nitrogen and oxygen atoms in total. The van der Waals surface area contributed by atoms with Gasteiger partial charge in [0, 0.05) is 6.42 Å². The van der Waals surface area contributed by atoms with Crippen molar-refractivity contribution in [3.8, 4) is 0 Å². The van der Waals surface area contributed by atoms with Crippen LogP contribution in [0.5, 0.6) is 0 Å². The summed E-state index contributed by atoms with van der Waals surface area (Å²) in [6.45, 7) is 15.2. The standard InChI is InChI=1S/C15H27NO5.C3H8/c1-13(2,3)20-10-7-8-15(9-10,11(17)18)16-12(19)21-14(4,5)6;1-3-2/h10H,7-9H2,1-6H3,(H,16,19)(H,17,18);3H2,1-2H3. The summed E-state index contributed by atoms with van der Waals surface area (Å²) in [6, 6.07) is 0. The van der Waals surface area contributed by atoms with Gasteiger partial charge >= 0.3 is 12.1 Å². The van der Waals surface area contributed by atoms with Crippen molar-refractivity contribution in [2.75, 3.05) is 0 Å². The largest absolute Gasteiger partial charge is 0.480 e. The van der Waals surface area contributed by atoms with Crippen molar-refractivity contribution >= 4 is 12.1 Å². The quantitative estimate of drug-likeness (QED) is 0.804. The Kier molecular flexibility index (Phi) is 8.22. The number of carbonyl (C=O) groups is 2. The van der Waals surface area contributed by atoms with Crippen LogP contribution in [-0.2, 0) is 14.3 Å². The van der Waals surface area contributed by atoms with Crippen LogP contribution < -0.4 is 5.32 Å². The van der Waals surface area contributed by atoms with Crippen molar-refractivity contribution in [1.29, 1.82) is 0 Å². The van der Waals surface area contributed by atoms with Crippen LogP contribution in [-0.4, -0.2) is 40.0 Å². The zero-order valence-electron chi connectivity index (χ0n) is 16.5. The summed E-state index contributed by atoms with van der Waals surface area (Å²) in [7, 11) is 0. The van der Waals surface area contributed by atoms with Crippen LogP contribution >= 0.6 is 0 Å². The molecule has 0 radical (unpaired) electrons. The molecule has 6 heteroatoms. The van der Waals surface area contributed by atoms with Crippen LogP contribution in [0.25, 0.3) is 0 Å². The highest BCUT2D eigenvalue weighted by Gasteiger charge is 2.48. The molecule has 0 aliphatic heterocycles. The van der Waals surface area contributed by atoms with Crippen molar-refractivity contribution < 1.29 is 24.2 Å². The van der Waals surface area contributed by atoms with Crippen LogP contribution in [0.4, 0.5) is 4.79 Å². The van der Waals surface area contributed by atoms with E-state index < -0.39 is 23.2 Å². The molecule has 1 saturated carbocycles. The molecule has 2 unspecified atom stereocenters. The van der Waals surface area contributed by atoms with Gasteiger partial charge in [-0.2, -0.15) is 0 Å². The summed E-state index contributed by atoms with van der Waals surface area (Å²) in [4.78, 5) is 23.5. The van der Waals surface area contributed by atoms with Crippen molar-refractivity contribution in [2.24, 2.45) is 0 Å². The summed E-state index contributed by atoms with van der Waals surface area (Å²) >= 11 is 0. The number of hydrogen-bond donors (Lipinski definition) is 2. The second-order valence-corrected chi connectivity index (χ2v) is 8.32. The number of amides is 1. The first-order valence-electron chi connectivity index (χ1n) is 8.67. The predicted octanol–water partition coefficient (Wildman–Crippen LogP) is 4.12. The molecule has 0 aromatic carbocycles. The van der Waals surface area contributed by atoms with E-state index in [4.69, 9.17) is 9.47 Å². The van der Waals surface area contributed by atoms with Crippen LogP contribution in [0, 0.1) is 0 Å². The van der Waals surface area contributed by atoms with E-state index in [-0.39, 0.29) is 18.1 Å². The molecule has 0 aromatic heterocycles. The summed E-state index contributed by atoms with van der Waals surface area (Å²) in [5, 5.41) is 12.0. The van der Waals surface area contributed by atoms with Gasteiger partial charge in [0.25, 0.3) is 0 Å². The third-order valence-electron chi connectivity index (χ3n) is 3.14. The smallest absolute Gasteiger partial charge is 0.408 e. The number of carbonyl (C=O) groups excluding carboxylic acids is 1. The van der Waals surface area contributed by atoms with Crippen molar-refractivity contribution in [1.82, 2.24) is 5.32 Å². The van der Waals surface area contributed by atoms with Crippen LogP contribution in [0.1, 0.15) is 81.1 Å². The minimum Gasteiger partial charge on any atom is -0.480 e. The topological polar surface area (TPSA) is 84.9 Å². The summed E-state index contributed by atoms with van der Waals surface area (Å²) in [5.41, 5.74) is -2.31. The SMILES string of the molecule is CC(C)(C)OC(=O)NC1(C(=O)O)CCC(OC(C)(C)C)C1.CCC. The Morgan fingerprint density at radius 3 is 2.00 bits per heavy atom. The molecule has 0 bridgehead atoms. The third kappa shape index (κ3) is 8.52. The van der Waals surface area contributed by atoms with Gasteiger partial charge < -0.3 is 19.9 Å². The lowest BCUT2D eigenvalue weighted by Crippen LogP contribution is -2.54. The number of rotatable bonds is 3. The number of carboxylic acids is 1. The first-order chi connectivity index (χ1) is 10.7. The molecule has 24 heavy (non-hydrogen) atoms. The molecular weight excluding hydrogens is 310 g/mol. The van der Waals surface area contributed by atoms with E-state index in [2.05, 4.69) is 19.2 Å². The number of hydrogen-bond acceptors (Lipinski definition) is 4. The first kappa shape index (κ1) is 22.7. The van der Waals surface area contributed by atoms with E-state index in [1.54, 1.807) is 20.8 Å². The van der Waals surface area contributed by atoms with Gasteiger partial charge in [0.1, 0.15) is 11.1 Å². The minimum absolute atomic E-state index is 0.184. The highest BCUT2D eigenvalue weighted by atomic mass is 16.6. The maximum Gasteiger partial charge on any atom is 0.408 e. The Balaban J connectivity index is 0.00000163. The number of nitrogens with one attached hydrogen (secondary N) is 1. The van der Waals surface area contributed by atoms with Crippen LogP contribution in [0.2, 0.25) is 0 Å². The van der Waals surface area contributed by atoms with Crippen molar-refractivity contribution in [2.45, 2.75) is 104 Å². The maximum atomic E-state index is 11.9. The van der Waals surface area contributed by atoms with E-state index in [1.165, 1.54) is 6.42 Å². The molecule has 1 aliphatic rings. The Labute approximate surface area is 146 Å². The van der Waals surface area contributed by atoms with Crippen LogP contribution in [0.3, 0.4) is 0 Å². The highest BCUT2D eigenvalue weighted by Crippen LogP contribution is 2.34. The molecule has 1 fully saturated rings. The predicted molar refractivity (Wildman–Crippen MR) is 94.2 cm³/mol. The van der Waals surface area contributed by atoms with Gasteiger partial charge in [-0.05, 0) is 54.4 Å². The summed E-state index contributed by atoms with van der Waals surface area (Å²) < 4.78 is 11.0. The van der Waals surface area contributed by atoms with E-state index in [0.29, 0.717) is 12.8 Å². The molecule has 1 aliphatic carbocycles. The molecular formula is C18H35NO5. The molecule has 1 rings (SSSR count). The number of alkyl carbamates (subject to hydrolysis) is 1. The van der Waals surface area contributed by atoms with Gasteiger partial charge in [0.15, 0.2) is 0 Å². The highest BCUT2D eigenvalue weighted by molar-refractivity contribution is 5.85. The average Bonchev–Trinajstić information content (AvgIpc) is 2.69. The molecule has 0 heterocycles. The van der Waals surface area contributed by atoms with E-state index in [9.17, 15) is 14.7 Å². The van der Waals surface area contributed by atoms with Gasteiger partial charge in [0.05, 0.1) is 11.7 Å². The van der Waals surface area contributed by atoms with E-state index in [1.807, 2.05) is 20.8 Å². The second-order valence-electron chi connectivity index (χ2n) is 8.32. The lowest BCUT2D eigenvalue weighted by Gasteiger charge is -2.29. The van der Waals surface area contributed by atoms with Gasteiger partial charge in [-0.15, -0.1) is 0 Å². The van der Waals surface area contributed by atoms with E-state index in [0.717, 1.165) is 0 Å². The lowest BCUT2D eigenvalue weighted by molar-refractivity contribution is -0.145. The first-order valence-corrected chi connectivity index (χ1v) is 8.67. The fourth-order valence-electron chi connectivity index (χ4n) is 2.46. The normalized spacial score (nSPS) is 23.9. The maximum absolute atomic E-state index is 11.9. The van der Waals surface area contributed by atoms with Gasteiger partial charge in [-0.3, -0.25) is 0 Å². The number of aliphatic carboxylic acids is 1. The van der Waals surface area contributed by atoms with Gasteiger partial charge in [0.2, 0.25) is 0 Å².